The number of carbonyl (C=O) groups is 2. The van der Waals surface area contributed by atoms with Crippen LogP contribution in [0.1, 0.15) is 19.4 Å². The van der Waals surface area contributed by atoms with Crippen LogP contribution in [0, 0.1) is 0 Å². The first-order valence-corrected chi connectivity index (χ1v) is 6.94. The summed E-state index contributed by atoms with van der Waals surface area (Å²) in [6.45, 7) is 3.77. The zero-order valence-corrected chi connectivity index (χ0v) is 12.8. The van der Waals surface area contributed by atoms with Crippen LogP contribution in [0.3, 0.4) is 0 Å². The molecule has 21 heavy (non-hydrogen) atoms. The Morgan fingerprint density at radius 2 is 1.95 bits per heavy atom. The molecular weight excluding hydrogens is 290 g/mol. The summed E-state index contributed by atoms with van der Waals surface area (Å²) >= 11 is 4.84. The number of rotatable bonds is 7. The van der Waals surface area contributed by atoms with Crippen molar-refractivity contribution in [3.8, 4) is 5.75 Å². The molecule has 0 saturated carbocycles. The first kappa shape index (κ1) is 16.9. The largest absolute Gasteiger partial charge is 0.484 e. The molecule has 0 heterocycles. The van der Waals surface area contributed by atoms with Crippen molar-refractivity contribution in [2.45, 2.75) is 19.9 Å². The number of hydrogen-bond acceptors (Lipinski definition) is 4. The van der Waals surface area contributed by atoms with Crippen molar-refractivity contribution in [1.82, 2.24) is 10.6 Å². The number of likely N-dealkylation sites (N-methyl/N-ethyl adjacent to an activating group) is 1. The molecule has 0 radical (unpaired) electrons. The Balaban J connectivity index is 2.42. The van der Waals surface area contributed by atoms with Crippen molar-refractivity contribution in [1.29, 1.82) is 0 Å². The highest BCUT2D eigenvalue weighted by atomic mass is 32.1. The summed E-state index contributed by atoms with van der Waals surface area (Å²) in [7, 11) is 0. The fourth-order valence-electron chi connectivity index (χ4n) is 1.54. The van der Waals surface area contributed by atoms with E-state index in [0.717, 1.165) is 5.56 Å². The van der Waals surface area contributed by atoms with Gasteiger partial charge in [0.2, 0.25) is 5.91 Å². The van der Waals surface area contributed by atoms with Gasteiger partial charge in [-0.1, -0.05) is 12.2 Å². The van der Waals surface area contributed by atoms with E-state index in [1.807, 2.05) is 6.92 Å². The zero-order chi connectivity index (χ0) is 15.8. The van der Waals surface area contributed by atoms with Crippen LogP contribution in [0.4, 0.5) is 0 Å². The number of ether oxygens (including phenoxy) is 1. The SMILES string of the molecule is CCNC(=O)C(C)NC(=O)COc1ccc(C(N)=S)cc1. The molecular formula is C14H19N3O3S. The molecule has 0 saturated heterocycles. The monoisotopic (exact) mass is 309 g/mol. The topological polar surface area (TPSA) is 93.5 Å². The van der Waals surface area contributed by atoms with E-state index in [2.05, 4.69) is 10.6 Å². The highest BCUT2D eigenvalue weighted by Gasteiger charge is 2.14. The Hall–Kier alpha value is -2.15. The van der Waals surface area contributed by atoms with Crippen molar-refractivity contribution < 1.29 is 14.3 Å². The van der Waals surface area contributed by atoms with Crippen LogP contribution in [-0.4, -0.2) is 36.0 Å². The van der Waals surface area contributed by atoms with E-state index in [4.69, 9.17) is 22.7 Å². The summed E-state index contributed by atoms with van der Waals surface area (Å²) in [5.41, 5.74) is 6.21. The zero-order valence-electron chi connectivity index (χ0n) is 12.0. The summed E-state index contributed by atoms with van der Waals surface area (Å²) in [5, 5.41) is 5.17. The van der Waals surface area contributed by atoms with Crippen LogP contribution in [0.15, 0.2) is 24.3 Å². The van der Waals surface area contributed by atoms with Crippen LogP contribution in [-0.2, 0) is 9.59 Å². The van der Waals surface area contributed by atoms with E-state index in [1.165, 1.54) is 0 Å². The summed E-state index contributed by atoms with van der Waals surface area (Å²) in [5.74, 6) is -0.0744. The average Bonchev–Trinajstić information content (AvgIpc) is 2.45. The highest BCUT2D eigenvalue weighted by molar-refractivity contribution is 7.80. The predicted molar refractivity (Wildman–Crippen MR) is 84.1 cm³/mol. The molecule has 114 valence electrons. The molecule has 1 unspecified atom stereocenters. The van der Waals surface area contributed by atoms with E-state index in [1.54, 1.807) is 31.2 Å². The second kappa shape index (κ2) is 8.21. The lowest BCUT2D eigenvalue weighted by Gasteiger charge is -2.13. The number of amides is 2. The molecule has 0 aliphatic heterocycles. The predicted octanol–water partition coefficient (Wildman–Crippen LogP) is 0.340. The van der Waals surface area contributed by atoms with Crippen molar-refractivity contribution >= 4 is 29.0 Å². The lowest BCUT2D eigenvalue weighted by atomic mass is 10.2. The normalized spacial score (nSPS) is 11.3. The molecule has 1 aromatic rings. The van der Waals surface area contributed by atoms with E-state index in [9.17, 15) is 9.59 Å². The van der Waals surface area contributed by atoms with Crippen LogP contribution in [0.25, 0.3) is 0 Å². The van der Waals surface area contributed by atoms with E-state index in [-0.39, 0.29) is 18.4 Å². The second-order valence-electron chi connectivity index (χ2n) is 4.36. The minimum Gasteiger partial charge on any atom is -0.484 e. The number of nitrogens with two attached hydrogens (primary N) is 1. The number of carbonyl (C=O) groups excluding carboxylic acids is 2. The van der Waals surface area contributed by atoms with Crippen LogP contribution >= 0.6 is 12.2 Å². The molecule has 0 bridgehead atoms. The molecule has 1 atom stereocenters. The lowest BCUT2D eigenvalue weighted by Crippen LogP contribution is -2.46. The number of hydrogen-bond donors (Lipinski definition) is 3. The van der Waals surface area contributed by atoms with Gasteiger partial charge in [-0.15, -0.1) is 0 Å². The van der Waals surface area contributed by atoms with Gasteiger partial charge in [-0.05, 0) is 38.1 Å². The third kappa shape index (κ3) is 5.78. The van der Waals surface area contributed by atoms with Gasteiger partial charge in [0.1, 0.15) is 16.8 Å². The highest BCUT2D eigenvalue weighted by Crippen LogP contribution is 2.11. The Bertz CT molecular complexity index is 517. The first-order chi connectivity index (χ1) is 9.93. The van der Waals surface area contributed by atoms with Crippen LogP contribution in [0.2, 0.25) is 0 Å². The van der Waals surface area contributed by atoms with Crippen molar-refractivity contribution in [3.63, 3.8) is 0 Å². The summed E-state index contributed by atoms with van der Waals surface area (Å²) in [4.78, 5) is 23.4. The molecule has 2 amide bonds. The molecule has 6 nitrogen and oxygen atoms in total. The number of nitrogens with one attached hydrogen (secondary N) is 2. The third-order valence-corrected chi connectivity index (χ3v) is 2.87. The summed E-state index contributed by atoms with van der Waals surface area (Å²) < 4.78 is 5.32. The van der Waals surface area contributed by atoms with Crippen LogP contribution < -0.4 is 21.1 Å². The van der Waals surface area contributed by atoms with Gasteiger partial charge in [-0.3, -0.25) is 9.59 Å². The molecule has 7 heteroatoms. The summed E-state index contributed by atoms with van der Waals surface area (Å²) in [6.07, 6.45) is 0. The molecule has 0 aromatic heterocycles. The van der Waals surface area contributed by atoms with Gasteiger partial charge in [0.15, 0.2) is 6.61 Å². The second-order valence-corrected chi connectivity index (χ2v) is 4.80. The first-order valence-electron chi connectivity index (χ1n) is 6.53. The van der Waals surface area contributed by atoms with Gasteiger partial charge in [0.25, 0.3) is 5.91 Å². The lowest BCUT2D eigenvalue weighted by molar-refractivity contribution is -0.129. The fraction of sp³-hybridized carbons (Fsp3) is 0.357. The van der Waals surface area contributed by atoms with Crippen molar-refractivity contribution in [3.05, 3.63) is 29.8 Å². The quantitative estimate of drug-likeness (QED) is 0.632. The van der Waals surface area contributed by atoms with Gasteiger partial charge in [-0.25, -0.2) is 0 Å². The standard InChI is InChI=1S/C14H19N3O3S/c1-3-16-14(19)9(2)17-12(18)8-20-11-6-4-10(5-7-11)13(15)21/h4-7,9H,3,8H2,1-2H3,(H2,15,21)(H,16,19)(H,17,18). The van der Waals surface area contributed by atoms with Gasteiger partial charge in [-0.2, -0.15) is 0 Å². The Morgan fingerprint density at radius 1 is 1.33 bits per heavy atom. The molecule has 1 rings (SSSR count). The van der Waals surface area contributed by atoms with E-state index < -0.39 is 6.04 Å². The Morgan fingerprint density at radius 3 is 2.48 bits per heavy atom. The van der Waals surface area contributed by atoms with Gasteiger partial charge in [0.05, 0.1) is 0 Å². The van der Waals surface area contributed by atoms with Crippen molar-refractivity contribution in [2.24, 2.45) is 5.73 Å². The molecule has 1 aromatic carbocycles. The molecule has 0 fully saturated rings. The maximum absolute atomic E-state index is 11.7. The van der Waals surface area contributed by atoms with Gasteiger partial charge in [0, 0.05) is 12.1 Å². The maximum Gasteiger partial charge on any atom is 0.258 e. The molecule has 0 spiro atoms. The Labute approximate surface area is 129 Å². The van der Waals surface area contributed by atoms with Gasteiger partial charge >= 0.3 is 0 Å². The maximum atomic E-state index is 11.7. The summed E-state index contributed by atoms with van der Waals surface area (Å²) in [6, 6.07) is 6.18. The molecule has 0 aliphatic carbocycles. The number of thiocarbonyl (C=S) groups is 1. The van der Waals surface area contributed by atoms with Crippen molar-refractivity contribution in [2.75, 3.05) is 13.2 Å². The molecule has 4 N–H and O–H groups in total. The average molecular weight is 309 g/mol. The minimum atomic E-state index is -0.599. The Kier molecular flexibility index (Phi) is 6.61. The van der Waals surface area contributed by atoms with Gasteiger partial charge < -0.3 is 21.1 Å². The fourth-order valence-corrected chi connectivity index (χ4v) is 1.68. The molecule has 0 aliphatic rings. The van der Waals surface area contributed by atoms with E-state index >= 15 is 0 Å². The smallest absolute Gasteiger partial charge is 0.258 e. The van der Waals surface area contributed by atoms with E-state index in [0.29, 0.717) is 17.3 Å². The number of benzene rings is 1. The van der Waals surface area contributed by atoms with Crippen LogP contribution in [0.5, 0.6) is 5.75 Å². The third-order valence-electron chi connectivity index (χ3n) is 2.63. The minimum absolute atomic E-state index is 0.170.